The maximum absolute atomic E-state index is 11.7. The Morgan fingerprint density at radius 3 is 2.25 bits per heavy atom. The highest BCUT2D eigenvalue weighted by atomic mass is 16.1. The number of nitrogens with two attached hydrogens (primary N) is 1. The number of nitrogens with one attached hydrogen (secondary N) is 1. The number of nitrogens with zero attached hydrogens (tertiary/aromatic N) is 1. The van der Waals surface area contributed by atoms with E-state index in [0.29, 0.717) is 0 Å². The number of hydrogen-bond donors (Lipinski definition) is 2. The van der Waals surface area contributed by atoms with Crippen LogP contribution in [0.4, 0.5) is 0 Å². The smallest absolute Gasteiger partial charge is 0.237 e. The standard InChI is InChI=1S/C16H33N3O/c1-14(2)18-16(3,15(17)20)10-9-13-19-11-7-5-4-6-8-12-19/h14,18H,4-13H2,1-3H3,(H2,17,20). The fourth-order valence-corrected chi connectivity index (χ4v) is 3.10. The monoisotopic (exact) mass is 283 g/mol. The van der Waals surface area contributed by atoms with Crippen LogP contribution in [-0.2, 0) is 4.79 Å². The van der Waals surface area contributed by atoms with E-state index in [1.807, 2.05) is 6.92 Å². The lowest BCUT2D eigenvalue weighted by atomic mass is 9.93. The van der Waals surface area contributed by atoms with Gasteiger partial charge in [-0.25, -0.2) is 0 Å². The first kappa shape index (κ1) is 17.4. The second kappa shape index (κ2) is 8.63. The van der Waals surface area contributed by atoms with Gasteiger partial charge in [0.1, 0.15) is 0 Å². The molecule has 1 aliphatic heterocycles. The molecule has 1 saturated heterocycles. The summed E-state index contributed by atoms with van der Waals surface area (Å²) in [5.74, 6) is -0.237. The zero-order valence-corrected chi connectivity index (χ0v) is 13.6. The predicted octanol–water partition coefficient (Wildman–Crippen LogP) is 2.27. The summed E-state index contributed by atoms with van der Waals surface area (Å²) in [5, 5.41) is 3.32. The molecular weight excluding hydrogens is 250 g/mol. The van der Waals surface area contributed by atoms with Crippen molar-refractivity contribution < 1.29 is 4.79 Å². The second-order valence-electron chi connectivity index (χ2n) is 6.71. The van der Waals surface area contributed by atoms with E-state index in [2.05, 4.69) is 24.1 Å². The maximum Gasteiger partial charge on any atom is 0.237 e. The highest BCUT2D eigenvalue weighted by Crippen LogP contribution is 2.16. The molecule has 3 N–H and O–H groups in total. The van der Waals surface area contributed by atoms with Crippen LogP contribution in [0.5, 0.6) is 0 Å². The summed E-state index contributed by atoms with van der Waals surface area (Å²) in [6.07, 6.45) is 8.60. The van der Waals surface area contributed by atoms with Gasteiger partial charge >= 0.3 is 0 Å². The van der Waals surface area contributed by atoms with Crippen LogP contribution in [0, 0.1) is 0 Å². The van der Waals surface area contributed by atoms with Crippen molar-refractivity contribution in [1.29, 1.82) is 0 Å². The molecule has 0 radical (unpaired) electrons. The molecule has 1 heterocycles. The molecule has 1 atom stereocenters. The van der Waals surface area contributed by atoms with Crippen molar-refractivity contribution >= 4 is 5.91 Å². The quantitative estimate of drug-likeness (QED) is 0.753. The summed E-state index contributed by atoms with van der Waals surface area (Å²) < 4.78 is 0. The van der Waals surface area contributed by atoms with Crippen molar-refractivity contribution in [3.63, 3.8) is 0 Å². The number of likely N-dealkylation sites (tertiary alicyclic amines) is 1. The fourth-order valence-electron chi connectivity index (χ4n) is 3.10. The third-order valence-electron chi connectivity index (χ3n) is 4.25. The Morgan fingerprint density at radius 1 is 1.20 bits per heavy atom. The molecule has 118 valence electrons. The highest BCUT2D eigenvalue weighted by molar-refractivity contribution is 5.84. The van der Waals surface area contributed by atoms with E-state index >= 15 is 0 Å². The zero-order chi connectivity index (χ0) is 15.0. The Kier molecular flexibility index (Phi) is 7.52. The van der Waals surface area contributed by atoms with Crippen LogP contribution < -0.4 is 11.1 Å². The van der Waals surface area contributed by atoms with E-state index in [-0.39, 0.29) is 11.9 Å². The Bertz CT molecular complexity index is 285. The van der Waals surface area contributed by atoms with Gasteiger partial charge in [-0.1, -0.05) is 19.3 Å². The molecule has 20 heavy (non-hydrogen) atoms. The first-order chi connectivity index (χ1) is 9.44. The van der Waals surface area contributed by atoms with Crippen molar-refractivity contribution in [3.05, 3.63) is 0 Å². The van der Waals surface area contributed by atoms with E-state index in [9.17, 15) is 4.79 Å². The molecule has 0 aromatic heterocycles. The van der Waals surface area contributed by atoms with Crippen molar-refractivity contribution in [2.24, 2.45) is 5.73 Å². The summed E-state index contributed by atoms with van der Waals surface area (Å²) in [6, 6.07) is 0.272. The first-order valence-electron chi connectivity index (χ1n) is 8.24. The summed E-state index contributed by atoms with van der Waals surface area (Å²) in [5.41, 5.74) is 5.00. The number of primary amides is 1. The average molecular weight is 283 g/mol. The maximum atomic E-state index is 11.7. The molecule has 1 rings (SSSR count). The van der Waals surface area contributed by atoms with Crippen molar-refractivity contribution in [1.82, 2.24) is 10.2 Å². The number of carbonyl (C=O) groups is 1. The van der Waals surface area contributed by atoms with Gasteiger partial charge in [0.05, 0.1) is 5.54 Å². The van der Waals surface area contributed by atoms with Gasteiger partial charge in [0.2, 0.25) is 5.91 Å². The lowest BCUT2D eigenvalue weighted by Crippen LogP contribution is -2.55. The van der Waals surface area contributed by atoms with Gasteiger partial charge in [0.25, 0.3) is 0 Å². The largest absolute Gasteiger partial charge is 0.368 e. The highest BCUT2D eigenvalue weighted by Gasteiger charge is 2.30. The molecular formula is C16H33N3O. The van der Waals surface area contributed by atoms with E-state index in [0.717, 1.165) is 19.4 Å². The summed E-state index contributed by atoms with van der Waals surface area (Å²) in [6.45, 7) is 9.56. The molecule has 1 aliphatic rings. The predicted molar refractivity (Wildman–Crippen MR) is 84.6 cm³/mol. The van der Waals surface area contributed by atoms with Crippen LogP contribution in [0.2, 0.25) is 0 Å². The van der Waals surface area contributed by atoms with Gasteiger partial charge in [-0.15, -0.1) is 0 Å². The number of amides is 1. The molecule has 4 nitrogen and oxygen atoms in total. The van der Waals surface area contributed by atoms with Crippen LogP contribution in [0.15, 0.2) is 0 Å². The molecule has 0 aromatic carbocycles. The summed E-state index contributed by atoms with van der Waals surface area (Å²) >= 11 is 0. The lowest BCUT2D eigenvalue weighted by Gasteiger charge is -2.31. The third-order valence-corrected chi connectivity index (χ3v) is 4.25. The van der Waals surface area contributed by atoms with Crippen LogP contribution in [0.25, 0.3) is 0 Å². The van der Waals surface area contributed by atoms with Crippen LogP contribution in [0.1, 0.15) is 65.7 Å². The summed E-state index contributed by atoms with van der Waals surface area (Å²) in [7, 11) is 0. The van der Waals surface area contributed by atoms with Gasteiger partial charge in [-0.2, -0.15) is 0 Å². The van der Waals surface area contributed by atoms with E-state index in [4.69, 9.17) is 5.73 Å². The molecule has 1 fully saturated rings. The third kappa shape index (κ3) is 6.23. The average Bonchev–Trinajstić information content (AvgIpc) is 2.30. The Morgan fingerprint density at radius 2 is 1.75 bits per heavy atom. The molecule has 0 aliphatic carbocycles. The Hall–Kier alpha value is -0.610. The van der Waals surface area contributed by atoms with Gasteiger partial charge in [0, 0.05) is 6.04 Å². The van der Waals surface area contributed by atoms with Crippen molar-refractivity contribution in [2.45, 2.75) is 77.3 Å². The van der Waals surface area contributed by atoms with Crippen LogP contribution in [-0.4, -0.2) is 42.0 Å². The minimum atomic E-state index is -0.573. The number of hydrogen-bond acceptors (Lipinski definition) is 3. The number of carbonyl (C=O) groups excluding carboxylic acids is 1. The summed E-state index contributed by atoms with van der Waals surface area (Å²) in [4.78, 5) is 14.2. The molecule has 0 aromatic rings. The zero-order valence-electron chi connectivity index (χ0n) is 13.6. The van der Waals surface area contributed by atoms with Crippen LogP contribution in [0.3, 0.4) is 0 Å². The lowest BCUT2D eigenvalue weighted by molar-refractivity contribution is -0.124. The van der Waals surface area contributed by atoms with E-state index in [1.54, 1.807) is 0 Å². The van der Waals surface area contributed by atoms with E-state index in [1.165, 1.54) is 45.2 Å². The topological polar surface area (TPSA) is 58.4 Å². The Balaban J connectivity index is 2.37. The minimum Gasteiger partial charge on any atom is -0.368 e. The SMILES string of the molecule is CC(C)NC(C)(CCCN1CCCCCCC1)C(N)=O. The van der Waals surface area contributed by atoms with Gasteiger partial charge < -0.3 is 16.0 Å². The first-order valence-corrected chi connectivity index (χ1v) is 8.24. The molecule has 0 bridgehead atoms. The minimum absolute atomic E-state index is 0.237. The van der Waals surface area contributed by atoms with Gasteiger partial charge in [0.15, 0.2) is 0 Å². The molecule has 1 unspecified atom stereocenters. The normalized spacial score (nSPS) is 21.2. The van der Waals surface area contributed by atoms with Gasteiger partial charge in [-0.3, -0.25) is 4.79 Å². The molecule has 0 spiro atoms. The van der Waals surface area contributed by atoms with Crippen molar-refractivity contribution in [2.75, 3.05) is 19.6 Å². The molecule has 0 saturated carbocycles. The van der Waals surface area contributed by atoms with E-state index < -0.39 is 5.54 Å². The molecule has 4 heteroatoms. The number of rotatable bonds is 7. The van der Waals surface area contributed by atoms with Gasteiger partial charge in [-0.05, 0) is 66.1 Å². The van der Waals surface area contributed by atoms with Crippen LogP contribution >= 0.6 is 0 Å². The fraction of sp³-hybridized carbons (Fsp3) is 0.938. The Labute approximate surface area is 124 Å². The van der Waals surface area contributed by atoms with Crippen molar-refractivity contribution in [3.8, 4) is 0 Å². The second-order valence-corrected chi connectivity index (χ2v) is 6.71. The molecule has 1 amide bonds.